The summed E-state index contributed by atoms with van der Waals surface area (Å²) in [6.07, 6.45) is -0.241. The van der Waals surface area contributed by atoms with E-state index in [-0.39, 0.29) is 6.54 Å². The number of ketones is 2. The molecule has 4 rings (SSSR count). The van der Waals surface area contributed by atoms with Gasteiger partial charge in [0.1, 0.15) is 11.6 Å². The summed E-state index contributed by atoms with van der Waals surface area (Å²) in [7, 11) is 0. The fourth-order valence-corrected chi connectivity index (χ4v) is 4.52. The number of Topliss-reactive ketones (excluding diaryl/α,β-unsaturated/α-hetero) is 2. The molecule has 0 aromatic heterocycles. The fraction of sp³-hybridized carbons (Fsp3) is 0.407. The van der Waals surface area contributed by atoms with E-state index in [1.165, 1.54) is 4.90 Å². The molecule has 1 amide bonds. The lowest BCUT2D eigenvalue weighted by Crippen LogP contribution is -2.48. The van der Waals surface area contributed by atoms with Crippen LogP contribution < -0.4 is 0 Å². The van der Waals surface area contributed by atoms with E-state index < -0.39 is 47.3 Å². The van der Waals surface area contributed by atoms with Crippen LogP contribution in [0, 0.1) is 5.92 Å². The number of hydrogen-bond donors (Lipinski definition) is 0. The first kappa shape index (κ1) is 23.7. The lowest BCUT2D eigenvalue weighted by Gasteiger charge is -2.37. The van der Waals surface area contributed by atoms with Gasteiger partial charge in [-0.25, -0.2) is 4.79 Å². The molecule has 0 radical (unpaired) electrons. The fourth-order valence-electron chi connectivity index (χ4n) is 4.52. The molecule has 2 aliphatic heterocycles. The van der Waals surface area contributed by atoms with Gasteiger partial charge in [0.05, 0.1) is 0 Å². The lowest BCUT2D eigenvalue weighted by atomic mass is 9.84. The van der Waals surface area contributed by atoms with Gasteiger partial charge in [0, 0.05) is 6.54 Å². The minimum Gasteiger partial charge on any atom is -0.453 e. The van der Waals surface area contributed by atoms with Crippen LogP contribution in [0.25, 0.3) is 0 Å². The number of benzene rings is 2. The highest BCUT2D eigenvalue weighted by Crippen LogP contribution is 2.36. The number of ether oxygens (including phenoxy) is 2. The number of cyclic esters (lactones) is 1. The van der Waals surface area contributed by atoms with Gasteiger partial charge in [0.15, 0.2) is 23.6 Å². The van der Waals surface area contributed by atoms with E-state index in [1.807, 2.05) is 42.5 Å². The zero-order valence-corrected chi connectivity index (χ0v) is 19.7. The van der Waals surface area contributed by atoms with Gasteiger partial charge in [0.25, 0.3) is 0 Å². The van der Waals surface area contributed by atoms with Crippen LogP contribution in [0.2, 0.25) is 0 Å². The summed E-state index contributed by atoms with van der Waals surface area (Å²) < 4.78 is 10.9. The first-order valence-corrected chi connectivity index (χ1v) is 11.5. The second-order valence-electron chi connectivity index (χ2n) is 9.71. The molecule has 2 heterocycles. The Morgan fingerprint density at radius 2 is 1.71 bits per heavy atom. The van der Waals surface area contributed by atoms with Crippen molar-refractivity contribution in [2.24, 2.45) is 5.92 Å². The summed E-state index contributed by atoms with van der Waals surface area (Å²) >= 11 is 0. The van der Waals surface area contributed by atoms with Gasteiger partial charge in [0.2, 0.25) is 0 Å². The first-order chi connectivity index (χ1) is 16.2. The number of fused-ring (bicyclic) bond motifs is 1. The number of carbonyl (C=O) groups excluding carboxylic acids is 4. The van der Waals surface area contributed by atoms with E-state index in [4.69, 9.17) is 9.47 Å². The van der Waals surface area contributed by atoms with Crippen molar-refractivity contribution in [1.82, 2.24) is 4.90 Å². The normalized spacial score (nSPS) is 22.2. The third kappa shape index (κ3) is 4.88. The van der Waals surface area contributed by atoms with Crippen LogP contribution in [0.4, 0.5) is 4.79 Å². The van der Waals surface area contributed by atoms with Crippen LogP contribution >= 0.6 is 0 Å². The van der Waals surface area contributed by atoms with Crippen molar-refractivity contribution in [2.45, 2.75) is 57.8 Å². The lowest BCUT2D eigenvalue weighted by molar-refractivity contribution is -0.148. The molecular formula is C27H29NO6. The molecule has 178 valence electrons. The Bertz CT molecular complexity index is 1100. The molecule has 0 bridgehead atoms. The van der Waals surface area contributed by atoms with Crippen molar-refractivity contribution in [2.75, 3.05) is 6.54 Å². The Hall–Kier alpha value is -3.48. The maximum atomic E-state index is 13.7. The van der Waals surface area contributed by atoms with Crippen LogP contribution in [-0.4, -0.2) is 46.8 Å². The third-order valence-electron chi connectivity index (χ3n) is 6.10. The first-order valence-electron chi connectivity index (χ1n) is 11.5. The van der Waals surface area contributed by atoms with Crippen molar-refractivity contribution in [3.05, 3.63) is 71.3 Å². The third-order valence-corrected chi connectivity index (χ3v) is 6.10. The van der Waals surface area contributed by atoms with Gasteiger partial charge in [-0.1, -0.05) is 54.6 Å². The molecule has 2 aromatic carbocycles. The Morgan fingerprint density at radius 3 is 2.41 bits per heavy atom. The molecule has 34 heavy (non-hydrogen) atoms. The molecule has 2 aliphatic rings. The Labute approximate surface area is 199 Å². The highest BCUT2D eigenvalue weighted by atomic mass is 16.6. The maximum Gasteiger partial charge on any atom is 0.411 e. The summed E-state index contributed by atoms with van der Waals surface area (Å²) in [5.41, 5.74) is 1.77. The molecule has 0 spiro atoms. The predicted octanol–water partition coefficient (Wildman–Crippen LogP) is 3.83. The number of rotatable bonds is 5. The van der Waals surface area contributed by atoms with Gasteiger partial charge in [-0.05, 0) is 56.7 Å². The summed E-state index contributed by atoms with van der Waals surface area (Å²) in [6, 6.07) is 15.7. The number of amides is 1. The number of esters is 1. The molecular weight excluding hydrogens is 434 g/mol. The minimum atomic E-state index is -1.55. The Morgan fingerprint density at radius 1 is 1.03 bits per heavy atom. The second kappa shape index (κ2) is 9.41. The molecule has 0 saturated carbocycles. The van der Waals surface area contributed by atoms with Crippen molar-refractivity contribution >= 4 is 23.6 Å². The Kier molecular flexibility index (Phi) is 6.55. The molecule has 1 fully saturated rings. The highest BCUT2D eigenvalue weighted by Gasteiger charge is 2.52. The van der Waals surface area contributed by atoms with E-state index in [1.54, 1.807) is 32.9 Å². The minimum absolute atomic E-state index is 0.246. The smallest absolute Gasteiger partial charge is 0.411 e. The molecule has 2 unspecified atom stereocenters. The van der Waals surface area contributed by atoms with E-state index in [0.717, 1.165) is 11.1 Å². The van der Waals surface area contributed by atoms with Crippen LogP contribution in [0.3, 0.4) is 0 Å². The topological polar surface area (TPSA) is 90.0 Å². The number of carbonyl (C=O) groups is 4. The number of hydrogen-bond acceptors (Lipinski definition) is 6. The quantitative estimate of drug-likeness (QED) is 0.495. The van der Waals surface area contributed by atoms with E-state index >= 15 is 0 Å². The second-order valence-corrected chi connectivity index (χ2v) is 9.71. The summed E-state index contributed by atoms with van der Waals surface area (Å²) in [5.74, 6) is -3.59. The molecule has 7 nitrogen and oxygen atoms in total. The van der Waals surface area contributed by atoms with Crippen LogP contribution in [0.15, 0.2) is 54.6 Å². The van der Waals surface area contributed by atoms with Gasteiger partial charge in [-0.2, -0.15) is 0 Å². The van der Waals surface area contributed by atoms with Crippen LogP contribution in [-0.2, 0) is 36.7 Å². The van der Waals surface area contributed by atoms with E-state index in [0.29, 0.717) is 24.8 Å². The standard InChI is InChI=1S/C27H29NO6/c1-27(2,3)34-26(32)28-16-15-18-11-7-8-12-19(18)22(28)24(30)21-23(29)20(33-25(21)31)14-13-17-9-5-4-6-10-17/h4-12,20-22H,13-16H2,1-3H3/t20-,21?,22?/m0/s1. The average Bonchev–Trinajstić information content (AvgIpc) is 3.08. The Balaban J connectivity index is 1.58. The van der Waals surface area contributed by atoms with Gasteiger partial charge < -0.3 is 9.47 Å². The highest BCUT2D eigenvalue weighted by molar-refractivity contribution is 6.23. The van der Waals surface area contributed by atoms with Crippen molar-refractivity contribution < 1.29 is 28.7 Å². The summed E-state index contributed by atoms with van der Waals surface area (Å²) in [4.78, 5) is 53.9. The molecule has 3 atom stereocenters. The number of aryl methyl sites for hydroxylation is 1. The molecule has 1 saturated heterocycles. The SMILES string of the molecule is CC(C)(C)OC(=O)N1CCc2ccccc2C1C(=O)C1C(=O)O[C@@H](CCc2ccccc2)C1=O. The molecule has 7 heteroatoms. The summed E-state index contributed by atoms with van der Waals surface area (Å²) in [5, 5.41) is 0. The van der Waals surface area contributed by atoms with Gasteiger partial charge in [-0.15, -0.1) is 0 Å². The summed E-state index contributed by atoms with van der Waals surface area (Å²) in [6.45, 7) is 5.48. The van der Waals surface area contributed by atoms with Crippen LogP contribution in [0.5, 0.6) is 0 Å². The molecule has 0 aliphatic carbocycles. The van der Waals surface area contributed by atoms with Gasteiger partial charge in [-0.3, -0.25) is 19.3 Å². The molecule has 0 N–H and O–H groups in total. The zero-order chi connectivity index (χ0) is 24.5. The van der Waals surface area contributed by atoms with E-state index in [9.17, 15) is 19.2 Å². The van der Waals surface area contributed by atoms with Crippen LogP contribution in [0.1, 0.15) is 49.9 Å². The van der Waals surface area contributed by atoms with E-state index in [2.05, 4.69) is 0 Å². The molecule has 2 aromatic rings. The maximum absolute atomic E-state index is 13.7. The van der Waals surface area contributed by atoms with Crippen molar-refractivity contribution in [3.8, 4) is 0 Å². The van der Waals surface area contributed by atoms with Gasteiger partial charge >= 0.3 is 12.1 Å². The average molecular weight is 464 g/mol. The largest absolute Gasteiger partial charge is 0.453 e. The predicted molar refractivity (Wildman–Crippen MR) is 124 cm³/mol. The van der Waals surface area contributed by atoms with Crippen molar-refractivity contribution in [3.63, 3.8) is 0 Å². The van der Waals surface area contributed by atoms with Crippen molar-refractivity contribution in [1.29, 1.82) is 0 Å². The number of nitrogens with zero attached hydrogens (tertiary/aromatic N) is 1. The monoisotopic (exact) mass is 463 g/mol. The zero-order valence-electron chi connectivity index (χ0n) is 19.7.